The lowest BCUT2D eigenvalue weighted by Crippen LogP contribution is -2.26. The van der Waals surface area contributed by atoms with Gasteiger partial charge < -0.3 is 10.1 Å². The molecule has 1 aromatic rings. The summed E-state index contributed by atoms with van der Waals surface area (Å²) >= 11 is 0. The second-order valence-electron chi connectivity index (χ2n) is 5.79. The third-order valence-corrected chi connectivity index (χ3v) is 3.02. The molecule has 1 unspecified atom stereocenters. The lowest BCUT2D eigenvalue weighted by atomic mass is 9.97. The molecule has 0 bridgehead atoms. The summed E-state index contributed by atoms with van der Waals surface area (Å²) in [6.45, 7) is 7.36. The summed E-state index contributed by atoms with van der Waals surface area (Å²) in [7, 11) is 0. The van der Waals surface area contributed by atoms with Crippen molar-refractivity contribution in [2.75, 3.05) is 6.54 Å². The maximum absolute atomic E-state index is 5.82. The molecule has 1 N–H and O–H groups in total. The van der Waals surface area contributed by atoms with Crippen LogP contribution in [0.5, 0.6) is 5.75 Å². The summed E-state index contributed by atoms with van der Waals surface area (Å²) in [5, 5.41) is 3.56. The average molecular weight is 233 g/mol. The molecule has 1 aromatic carbocycles. The van der Waals surface area contributed by atoms with Crippen LogP contribution in [0, 0.1) is 0 Å². The minimum Gasteiger partial charge on any atom is -0.488 e. The van der Waals surface area contributed by atoms with E-state index in [1.165, 1.54) is 24.8 Å². The van der Waals surface area contributed by atoms with Gasteiger partial charge in [-0.2, -0.15) is 0 Å². The molecule has 1 fully saturated rings. The van der Waals surface area contributed by atoms with E-state index in [2.05, 4.69) is 50.4 Å². The van der Waals surface area contributed by atoms with Crippen LogP contribution in [-0.4, -0.2) is 12.1 Å². The Labute approximate surface area is 104 Å². The van der Waals surface area contributed by atoms with Crippen molar-refractivity contribution in [2.24, 2.45) is 0 Å². The van der Waals surface area contributed by atoms with Crippen molar-refractivity contribution in [3.8, 4) is 5.75 Å². The molecule has 0 aliphatic carbocycles. The summed E-state index contributed by atoms with van der Waals surface area (Å²) in [5.41, 5.74) is 1.26. The summed E-state index contributed by atoms with van der Waals surface area (Å²) in [5.74, 6) is 0.956. The zero-order valence-electron chi connectivity index (χ0n) is 11.1. The quantitative estimate of drug-likeness (QED) is 0.841. The fourth-order valence-electron chi connectivity index (χ4n) is 2.26. The van der Waals surface area contributed by atoms with Gasteiger partial charge in [-0.25, -0.2) is 0 Å². The van der Waals surface area contributed by atoms with E-state index in [0.717, 1.165) is 12.3 Å². The van der Waals surface area contributed by atoms with Crippen LogP contribution in [0.2, 0.25) is 0 Å². The Morgan fingerprint density at radius 1 is 1.12 bits per heavy atom. The molecule has 0 radical (unpaired) electrons. The molecule has 0 spiro atoms. The van der Waals surface area contributed by atoms with Gasteiger partial charge in [-0.05, 0) is 57.9 Å². The molecule has 1 atom stereocenters. The van der Waals surface area contributed by atoms with E-state index in [9.17, 15) is 0 Å². The van der Waals surface area contributed by atoms with Crippen molar-refractivity contribution in [3.63, 3.8) is 0 Å². The van der Waals surface area contributed by atoms with Crippen LogP contribution in [-0.2, 0) is 0 Å². The Kier molecular flexibility index (Phi) is 3.72. The second-order valence-corrected chi connectivity index (χ2v) is 5.79. The number of hydrogen-bond donors (Lipinski definition) is 1. The van der Waals surface area contributed by atoms with Gasteiger partial charge in [0.25, 0.3) is 0 Å². The Balaban J connectivity index is 2.02. The van der Waals surface area contributed by atoms with Crippen molar-refractivity contribution in [3.05, 3.63) is 29.8 Å². The van der Waals surface area contributed by atoms with E-state index in [0.29, 0.717) is 6.04 Å². The fourth-order valence-corrected chi connectivity index (χ4v) is 2.26. The molecule has 94 valence electrons. The Morgan fingerprint density at radius 3 is 2.35 bits per heavy atom. The van der Waals surface area contributed by atoms with E-state index >= 15 is 0 Å². The molecule has 1 saturated heterocycles. The molecule has 0 amide bonds. The number of piperidine rings is 1. The van der Waals surface area contributed by atoms with Crippen LogP contribution in [0.1, 0.15) is 51.6 Å². The van der Waals surface area contributed by atoms with Crippen LogP contribution in [0.15, 0.2) is 24.3 Å². The highest BCUT2D eigenvalue weighted by Crippen LogP contribution is 2.25. The zero-order valence-corrected chi connectivity index (χ0v) is 11.1. The van der Waals surface area contributed by atoms with Gasteiger partial charge in [-0.3, -0.25) is 0 Å². The monoisotopic (exact) mass is 233 g/mol. The molecule has 0 saturated carbocycles. The third-order valence-electron chi connectivity index (χ3n) is 3.02. The van der Waals surface area contributed by atoms with Crippen LogP contribution in [0.4, 0.5) is 0 Å². The van der Waals surface area contributed by atoms with Crippen molar-refractivity contribution < 1.29 is 4.74 Å². The third kappa shape index (κ3) is 3.74. The Bertz CT molecular complexity index is 344. The SMILES string of the molecule is CC(C)(C)Oc1ccc(C2CCCCN2)cc1. The molecular weight excluding hydrogens is 210 g/mol. The highest BCUT2D eigenvalue weighted by molar-refractivity contribution is 5.29. The maximum atomic E-state index is 5.82. The summed E-state index contributed by atoms with van der Waals surface area (Å²) in [6, 6.07) is 9.06. The predicted octanol–water partition coefficient (Wildman–Crippen LogP) is 3.68. The molecule has 1 aliphatic rings. The van der Waals surface area contributed by atoms with E-state index in [1.54, 1.807) is 0 Å². The Hall–Kier alpha value is -1.02. The van der Waals surface area contributed by atoms with Crippen LogP contribution in [0.3, 0.4) is 0 Å². The van der Waals surface area contributed by atoms with E-state index in [1.807, 2.05) is 0 Å². The first-order valence-electron chi connectivity index (χ1n) is 6.57. The fraction of sp³-hybridized carbons (Fsp3) is 0.600. The molecule has 1 aliphatic heterocycles. The highest BCUT2D eigenvalue weighted by Gasteiger charge is 2.15. The molecular formula is C15H23NO. The van der Waals surface area contributed by atoms with Gasteiger partial charge in [-0.1, -0.05) is 18.6 Å². The molecule has 2 heteroatoms. The van der Waals surface area contributed by atoms with Crippen molar-refractivity contribution in [1.82, 2.24) is 5.32 Å². The van der Waals surface area contributed by atoms with Crippen LogP contribution < -0.4 is 10.1 Å². The summed E-state index contributed by atoms with van der Waals surface area (Å²) in [4.78, 5) is 0. The van der Waals surface area contributed by atoms with Gasteiger partial charge in [0, 0.05) is 6.04 Å². The van der Waals surface area contributed by atoms with Crippen LogP contribution in [0.25, 0.3) is 0 Å². The lowest BCUT2D eigenvalue weighted by Gasteiger charge is -2.25. The minimum absolute atomic E-state index is 0.120. The van der Waals surface area contributed by atoms with E-state index in [4.69, 9.17) is 4.74 Å². The van der Waals surface area contributed by atoms with E-state index < -0.39 is 0 Å². The van der Waals surface area contributed by atoms with Gasteiger partial charge >= 0.3 is 0 Å². The molecule has 2 nitrogen and oxygen atoms in total. The number of hydrogen-bond acceptors (Lipinski definition) is 2. The summed E-state index contributed by atoms with van der Waals surface area (Å²) in [6.07, 6.45) is 3.89. The zero-order chi connectivity index (χ0) is 12.3. The van der Waals surface area contributed by atoms with Crippen molar-refractivity contribution in [1.29, 1.82) is 0 Å². The van der Waals surface area contributed by atoms with E-state index in [-0.39, 0.29) is 5.60 Å². The smallest absolute Gasteiger partial charge is 0.120 e. The topological polar surface area (TPSA) is 21.3 Å². The minimum atomic E-state index is -0.120. The first kappa shape index (κ1) is 12.4. The first-order chi connectivity index (χ1) is 8.04. The standard InChI is InChI=1S/C15H23NO/c1-15(2,3)17-13-9-7-12(8-10-13)14-6-4-5-11-16-14/h7-10,14,16H,4-6,11H2,1-3H3. The molecule has 2 rings (SSSR count). The Morgan fingerprint density at radius 2 is 1.82 bits per heavy atom. The van der Waals surface area contributed by atoms with Gasteiger partial charge in [0.05, 0.1) is 0 Å². The van der Waals surface area contributed by atoms with Crippen LogP contribution >= 0.6 is 0 Å². The van der Waals surface area contributed by atoms with Gasteiger partial charge in [-0.15, -0.1) is 0 Å². The van der Waals surface area contributed by atoms with Gasteiger partial charge in [0.2, 0.25) is 0 Å². The van der Waals surface area contributed by atoms with Crippen molar-refractivity contribution in [2.45, 2.75) is 51.7 Å². The largest absolute Gasteiger partial charge is 0.488 e. The highest BCUT2D eigenvalue weighted by atomic mass is 16.5. The molecule has 17 heavy (non-hydrogen) atoms. The number of rotatable bonds is 2. The number of benzene rings is 1. The number of ether oxygens (including phenoxy) is 1. The van der Waals surface area contributed by atoms with Gasteiger partial charge in [0.15, 0.2) is 0 Å². The normalized spacial score (nSPS) is 21.2. The number of nitrogens with one attached hydrogen (secondary N) is 1. The average Bonchev–Trinajstić information content (AvgIpc) is 2.29. The maximum Gasteiger partial charge on any atom is 0.120 e. The second kappa shape index (κ2) is 5.09. The lowest BCUT2D eigenvalue weighted by molar-refractivity contribution is 0.131. The summed E-state index contributed by atoms with van der Waals surface area (Å²) < 4.78 is 5.82. The molecule has 0 aromatic heterocycles. The predicted molar refractivity (Wildman–Crippen MR) is 71.4 cm³/mol. The first-order valence-corrected chi connectivity index (χ1v) is 6.57. The van der Waals surface area contributed by atoms with Crippen molar-refractivity contribution >= 4 is 0 Å². The molecule has 1 heterocycles. The van der Waals surface area contributed by atoms with Gasteiger partial charge in [0.1, 0.15) is 11.4 Å².